The van der Waals surface area contributed by atoms with E-state index in [1.54, 1.807) is 18.2 Å². The lowest BCUT2D eigenvalue weighted by atomic mass is 10.1. The second kappa shape index (κ2) is 7.59. The minimum atomic E-state index is -0.642. The fourth-order valence-corrected chi connectivity index (χ4v) is 4.13. The summed E-state index contributed by atoms with van der Waals surface area (Å²) in [7, 11) is 0. The van der Waals surface area contributed by atoms with Crippen molar-refractivity contribution in [1.82, 2.24) is 0 Å². The van der Waals surface area contributed by atoms with Gasteiger partial charge in [-0.2, -0.15) is 0 Å². The van der Waals surface area contributed by atoms with Gasteiger partial charge in [-0.25, -0.2) is 9.59 Å². The predicted octanol–water partition coefficient (Wildman–Crippen LogP) is 3.46. The summed E-state index contributed by atoms with van der Waals surface area (Å²) in [5.41, 5.74) is 1.94. The highest BCUT2D eigenvalue weighted by molar-refractivity contribution is 7.14. The smallest absolute Gasteiger partial charge is 0.344 e. The highest BCUT2D eigenvalue weighted by Gasteiger charge is 2.20. The third-order valence-corrected chi connectivity index (χ3v) is 5.72. The van der Waals surface area contributed by atoms with E-state index in [0.717, 1.165) is 40.7 Å². The lowest BCUT2D eigenvalue weighted by molar-refractivity contribution is -0.144. The maximum absolute atomic E-state index is 12.1. The monoisotopic (exact) mass is 398 g/mol. The van der Waals surface area contributed by atoms with Crippen molar-refractivity contribution in [2.75, 3.05) is 13.2 Å². The fraction of sp³-hybridized carbons (Fsp3) is 0.286. The minimum Gasteiger partial charge on any atom is -0.482 e. The van der Waals surface area contributed by atoms with Crippen molar-refractivity contribution >= 4 is 34.1 Å². The van der Waals surface area contributed by atoms with Gasteiger partial charge in [0.1, 0.15) is 11.3 Å². The van der Waals surface area contributed by atoms with Gasteiger partial charge in [-0.3, -0.25) is 4.79 Å². The zero-order chi connectivity index (χ0) is 19.7. The molecule has 0 bridgehead atoms. The normalized spacial score (nSPS) is 12.8. The van der Waals surface area contributed by atoms with E-state index in [-0.39, 0.29) is 24.6 Å². The Balaban J connectivity index is 1.37. The summed E-state index contributed by atoms with van der Waals surface area (Å²) in [6.07, 6.45) is 2.57. The standard InChI is InChI=1S/C21H18O6S/c1-12-5-8-19(28-12)17(22)10-26-20(23)11-25-13-6-7-15-14-3-2-4-16(14)21(24)27-18(15)9-13/h5-9H,2-4,10-11H2,1H3. The van der Waals surface area contributed by atoms with Gasteiger partial charge in [0.05, 0.1) is 4.88 Å². The number of rotatable bonds is 6. The molecular formula is C21H18O6S. The number of carbonyl (C=O) groups excluding carboxylic acids is 2. The Bertz CT molecular complexity index is 1120. The Labute approximate surface area is 164 Å². The number of fused-ring (bicyclic) bond motifs is 3. The van der Waals surface area contributed by atoms with Gasteiger partial charge in [-0.1, -0.05) is 0 Å². The van der Waals surface area contributed by atoms with E-state index in [2.05, 4.69) is 0 Å². The maximum atomic E-state index is 12.1. The van der Waals surface area contributed by atoms with E-state index < -0.39 is 5.97 Å². The van der Waals surface area contributed by atoms with E-state index >= 15 is 0 Å². The van der Waals surface area contributed by atoms with Crippen LogP contribution in [0, 0.1) is 6.92 Å². The third kappa shape index (κ3) is 3.71. The van der Waals surface area contributed by atoms with Crippen molar-refractivity contribution in [2.45, 2.75) is 26.2 Å². The molecule has 1 aliphatic rings. The fourth-order valence-electron chi connectivity index (χ4n) is 3.34. The number of hydrogen-bond donors (Lipinski definition) is 0. The molecule has 7 heteroatoms. The molecule has 144 valence electrons. The molecule has 6 nitrogen and oxygen atoms in total. The molecule has 0 fully saturated rings. The van der Waals surface area contributed by atoms with Gasteiger partial charge in [0.2, 0.25) is 5.78 Å². The Kier molecular flexibility index (Phi) is 5.00. The van der Waals surface area contributed by atoms with E-state index in [9.17, 15) is 14.4 Å². The van der Waals surface area contributed by atoms with Gasteiger partial charge >= 0.3 is 11.6 Å². The first-order valence-electron chi connectivity index (χ1n) is 8.98. The number of ketones is 1. The van der Waals surface area contributed by atoms with E-state index in [0.29, 0.717) is 16.2 Å². The van der Waals surface area contributed by atoms with Crippen molar-refractivity contribution < 1.29 is 23.5 Å². The molecule has 28 heavy (non-hydrogen) atoms. The van der Waals surface area contributed by atoms with Gasteiger partial charge in [0.25, 0.3) is 0 Å². The third-order valence-electron chi connectivity index (χ3n) is 4.68. The second-order valence-corrected chi connectivity index (χ2v) is 7.93. The molecular weight excluding hydrogens is 380 g/mol. The van der Waals surface area contributed by atoms with Crippen LogP contribution in [0.5, 0.6) is 5.75 Å². The van der Waals surface area contributed by atoms with Crippen molar-refractivity contribution in [3.05, 3.63) is 61.6 Å². The number of benzene rings is 1. The largest absolute Gasteiger partial charge is 0.482 e. The first-order chi connectivity index (χ1) is 13.5. The Morgan fingerprint density at radius 1 is 1.11 bits per heavy atom. The van der Waals surface area contributed by atoms with Crippen LogP contribution in [0.25, 0.3) is 11.0 Å². The zero-order valence-electron chi connectivity index (χ0n) is 15.3. The van der Waals surface area contributed by atoms with Crippen molar-refractivity contribution in [2.24, 2.45) is 0 Å². The molecule has 0 radical (unpaired) electrons. The summed E-state index contributed by atoms with van der Waals surface area (Å²) in [5.74, 6) is -0.490. The Morgan fingerprint density at radius 3 is 2.71 bits per heavy atom. The summed E-state index contributed by atoms with van der Waals surface area (Å²) in [6, 6.07) is 8.73. The van der Waals surface area contributed by atoms with Crippen LogP contribution >= 0.6 is 11.3 Å². The summed E-state index contributed by atoms with van der Waals surface area (Å²) in [6.45, 7) is 1.25. The number of ether oxygens (including phenoxy) is 2. The molecule has 0 saturated carbocycles. The number of hydrogen-bond acceptors (Lipinski definition) is 7. The number of carbonyl (C=O) groups is 2. The molecule has 0 spiro atoms. The molecule has 0 unspecified atom stereocenters. The van der Waals surface area contributed by atoms with Crippen molar-refractivity contribution in [1.29, 1.82) is 0 Å². The van der Waals surface area contributed by atoms with E-state index in [1.807, 2.05) is 19.1 Å². The van der Waals surface area contributed by atoms with Gasteiger partial charge < -0.3 is 13.9 Å². The number of thiophene rings is 1. The average molecular weight is 398 g/mol. The van der Waals surface area contributed by atoms with Crippen LogP contribution in [0.2, 0.25) is 0 Å². The number of esters is 1. The van der Waals surface area contributed by atoms with Crippen LogP contribution < -0.4 is 10.4 Å². The maximum Gasteiger partial charge on any atom is 0.344 e. The lowest BCUT2D eigenvalue weighted by Gasteiger charge is -2.08. The first-order valence-corrected chi connectivity index (χ1v) is 9.79. The molecule has 1 aliphatic carbocycles. The lowest BCUT2D eigenvalue weighted by Crippen LogP contribution is -2.19. The summed E-state index contributed by atoms with van der Waals surface area (Å²) in [5, 5.41) is 0.902. The number of Topliss-reactive ketones (excluding diaryl/α,β-unsaturated/α-hetero) is 1. The first kappa shape index (κ1) is 18.4. The van der Waals surface area contributed by atoms with Crippen molar-refractivity contribution in [3.63, 3.8) is 0 Å². The predicted molar refractivity (Wildman–Crippen MR) is 104 cm³/mol. The number of aryl methyl sites for hydroxylation is 2. The van der Waals surface area contributed by atoms with Gasteiger partial charge in [0.15, 0.2) is 13.2 Å². The molecule has 0 atom stereocenters. The molecule has 0 saturated heterocycles. The van der Waals surface area contributed by atoms with Gasteiger partial charge in [-0.15, -0.1) is 11.3 Å². The highest BCUT2D eigenvalue weighted by atomic mass is 32.1. The molecule has 4 rings (SSSR count). The van der Waals surface area contributed by atoms with Crippen LogP contribution in [0.3, 0.4) is 0 Å². The Morgan fingerprint density at radius 2 is 1.93 bits per heavy atom. The van der Waals surface area contributed by atoms with Crippen molar-refractivity contribution in [3.8, 4) is 5.75 Å². The summed E-state index contributed by atoms with van der Waals surface area (Å²) in [4.78, 5) is 37.5. The van der Waals surface area contributed by atoms with Crippen LogP contribution in [-0.2, 0) is 22.4 Å². The van der Waals surface area contributed by atoms with Crippen LogP contribution in [-0.4, -0.2) is 25.0 Å². The molecule has 0 amide bonds. The molecule has 2 heterocycles. The molecule has 1 aromatic carbocycles. The summed E-state index contributed by atoms with van der Waals surface area (Å²) >= 11 is 1.36. The molecule has 3 aromatic rings. The van der Waals surface area contributed by atoms with E-state index in [4.69, 9.17) is 13.9 Å². The summed E-state index contributed by atoms with van der Waals surface area (Å²) < 4.78 is 15.8. The van der Waals surface area contributed by atoms with Crippen LogP contribution in [0.4, 0.5) is 0 Å². The topological polar surface area (TPSA) is 82.8 Å². The quantitative estimate of drug-likeness (QED) is 0.359. The second-order valence-electron chi connectivity index (χ2n) is 6.64. The van der Waals surface area contributed by atoms with E-state index in [1.165, 1.54) is 11.3 Å². The van der Waals surface area contributed by atoms with Gasteiger partial charge in [-0.05, 0) is 56.0 Å². The van der Waals surface area contributed by atoms with Crippen LogP contribution in [0.1, 0.15) is 32.1 Å². The molecule has 0 aliphatic heterocycles. The van der Waals surface area contributed by atoms with Gasteiger partial charge in [0, 0.05) is 21.9 Å². The SMILES string of the molecule is Cc1ccc(C(=O)COC(=O)COc2ccc3c4c(c(=O)oc3c2)CCC4)s1. The highest BCUT2D eigenvalue weighted by Crippen LogP contribution is 2.29. The Hall–Kier alpha value is -2.93. The van der Waals surface area contributed by atoms with Crippen LogP contribution in [0.15, 0.2) is 39.5 Å². The average Bonchev–Trinajstić information content (AvgIpc) is 3.34. The molecule has 0 N–H and O–H groups in total. The zero-order valence-corrected chi connectivity index (χ0v) is 16.1. The molecule has 2 aromatic heterocycles. The minimum absolute atomic E-state index is 0.243.